The zero-order chi connectivity index (χ0) is 7.47. The average molecular weight is 146 g/mol. The summed E-state index contributed by atoms with van der Waals surface area (Å²) in [5.74, 6) is 2.72. The van der Waals surface area contributed by atoms with E-state index in [1.54, 1.807) is 6.42 Å². The Hall–Kier alpha value is 0.0649. The molecule has 58 valence electrons. The molecular formula is C10H15B. The molecule has 0 aromatic rings. The monoisotopic (exact) mass is 146 g/mol. The van der Waals surface area contributed by atoms with Crippen molar-refractivity contribution in [1.29, 1.82) is 0 Å². The fourth-order valence-electron chi connectivity index (χ4n) is 3.78. The van der Waals surface area contributed by atoms with Crippen LogP contribution in [0.15, 0.2) is 0 Å². The van der Waals surface area contributed by atoms with Crippen LogP contribution in [0.2, 0.25) is 5.82 Å². The molecule has 0 bridgehead atoms. The summed E-state index contributed by atoms with van der Waals surface area (Å²) in [6, 6.07) is 0. The lowest BCUT2D eigenvalue weighted by atomic mass is 9.65. The smallest absolute Gasteiger partial charge is 0.0699 e. The summed E-state index contributed by atoms with van der Waals surface area (Å²) in [7, 11) is 5.97. The molecule has 0 aliphatic heterocycles. The van der Waals surface area contributed by atoms with E-state index in [0.717, 1.165) is 17.3 Å². The lowest BCUT2D eigenvalue weighted by Gasteiger charge is -2.33. The first kappa shape index (κ1) is 6.57. The molecule has 4 unspecified atom stereocenters. The Kier molecular flexibility index (Phi) is 1.11. The maximum atomic E-state index is 5.97. The van der Waals surface area contributed by atoms with Gasteiger partial charge >= 0.3 is 0 Å². The van der Waals surface area contributed by atoms with Crippen molar-refractivity contribution in [3.05, 3.63) is 0 Å². The van der Waals surface area contributed by atoms with Crippen molar-refractivity contribution in [3.63, 3.8) is 0 Å². The largest absolute Gasteiger partial charge is 0.0771 e. The van der Waals surface area contributed by atoms with Gasteiger partial charge in [-0.3, -0.25) is 0 Å². The molecule has 0 nitrogen and oxygen atoms in total. The van der Waals surface area contributed by atoms with Gasteiger partial charge < -0.3 is 0 Å². The second-order valence-corrected chi connectivity index (χ2v) is 4.94. The van der Waals surface area contributed by atoms with Crippen LogP contribution in [0.3, 0.4) is 0 Å². The summed E-state index contributed by atoms with van der Waals surface area (Å²) in [5.41, 5.74) is 0.857. The first-order valence-corrected chi connectivity index (χ1v) is 5.07. The van der Waals surface area contributed by atoms with Crippen molar-refractivity contribution in [2.24, 2.45) is 17.3 Å². The highest BCUT2D eigenvalue weighted by Crippen LogP contribution is 2.72. The molecule has 3 fully saturated rings. The summed E-state index contributed by atoms with van der Waals surface area (Å²) in [6.45, 7) is 0. The standard InChI is InChI=1S/C10H15B/c11-9-3-4-10-6-8(10)2-1-7(10)5-9/h7-9H,1-6H2. The van der Waals surface area contributed by atoms with E-state index < -0.39 is 0 Å². The van der Waals surface area contributed by atoms with Crippen molar-refractivity contribution < 1.29 is 0 Å². The summed E-state index contributed by atoms with van der Waals surface area (Å²) in [6.07, 6.45) is 8.70. The second-order valence-electron chi connectivity index (χ2n) is 4.94. The van der Waals surface area contributed by atoms with E-state index in [-0.39, 0.29) is 0 Å². The molecule has 0 aromatic carbocycles. The van der Waals surface area contributed by atoms with Crippen LogP contribution in [0.1, 0.15) is 38.5 Å². The molecule has 1 spiro atoms. The molecule has 3 saturated carbocycles. The topological polar surface area (TPSA) is 0 Å². The van der Waals surface area contributed by atoms with Crippen LogP contribution >= 0.6 is 0 Å². The van der Waals surface area contributed by atoms with Crippen LogP contribution in [0.25, 0.3) is 0 Å². The van der Waals surface area contributed by atoms with E-state index in [4.69, 9.17) is 7.85 Å². The number of hydrogen-bond donors (Lipinski definition) is 0. The van der Waals surface area contributed by atoms with E-state index in [1.807, 2.05) is 0 Å². The van der Waals surface area contributed by atoms with Gasteiger partial charge in [-0.15, -0.1) is 0 Å². The SMILES string of the molecule is [B]C1CCC23CC2CCC3C1. The minimum atomic E-state index is 0.546. The zero-order valence-electron chi connectivity index (χ0n) is 7.05. The van der Waals surface area contributed by atoms with Gasteiger partial charge in [-0.2, -0.15) is 0 Å². The first-order chi connectivity index (χ1) is 5.31. The maximum absolute atomic E-state index is 5.97. The molecule has 4 atom stereocenters. The first-order valence-electron chi connectivity index (χ1n) is 5.07. The minimum Gasteiger partial charge on any atom is -0.0771 e. The van der Waals surface area contributed by atoms with Crippen LogP contribution in [0.5, 0.6) is 0 Å². The van der Waals surface area contributed by atoms with Crippen LogP contribution in [0.4, 0.5) is 0 Å². The molecule has 11 heavy (non-hydrogen) atoms. The second kappa shape index (κ2) is 1.86. The third-order valence-corrected chi connectivity index (χ3v) is 4.52. The average Bonchev–Trinajstić information content (AvgIpc) is 2.60. The van der Waals surface area contributed by atoms with Crippen LogP contribution < -0.4 is 0 Å². The molecule has 0 N–H and O–H groups in total. The van der Waals surface area contributed by atoms with E-state index in [0.29, 0.717) is 5.82 Å². The Balaban J connectivity index is 1.84. The molecular weight excluding hydrogens is 131 g/mol. The van der Waals surface area contributed by atoms with E-state index in [1.165, 1.54) is 32.1 Å². The molecule has 3 rings (SSSR count). The normalized spacial score (nSPS) is 60.2. The minimum absolute atomic E-state index is 0.546. The van der Waals surface area contributed by atoms with Gasteiger partial charge in [-0.25, -0.2) is 0 Å². The van der Waals surface area contributed by atoms with Crippen molar-refractivity contribution in [3.8, 4) is 0 Å². The predicted octanol–water partition coefficient (Wildman–Crippen LogP) is 2.54. The number of rotatable bonds is 0. The van der Waals surface area contributed by atoms with Gasteiger partial charge in [-0.05, 0) is 42.9 Å². The van der Waals surface area contributed by atoms with Gasteiger partial charge in [0.15, 0.2) is 0 Å². The van der Waals surface area contributed by atoms with Crippen LogP contribution in [-0.2, 0) is 0 Å². The quantitative estimate of drug-likeness (QED) is 0.460. The predicted molar refractivity (Wildman–Crippen MR) is 46.6 cm³/mol. The van der Waals surface area contributed by atoms with Gasteiger partial charge in [-0.1, -0.05) is 18.7 Å². The van der Waals surface area contributed by atoms with Gasteiger partial charge in [0.1, 0.15) is 0 Å². The number of hydrogen-bond acceptors (Lipinski definition) is 0. The van der Waals surface area contributed by atoms with Crippen LogP contribution in [-0.4, -0.2) is 7.85 Å². The van der Waals surface area contributed by atoms with Crippen molar-refractivity contribution >= 4 is 7.85 Å². The molecule has 0 saturated heterocycles. The molecule has 3 aliphatic carbocycles. The van der Waals surface area contributed by atoms with Gasteiger partial charge in [0.25, 0.3) is 0 Å². The lowest BCUT2D eigenvalue weighted by molar-refractivity contribution is 0.229. The Morgan fingerprint density at radius 3 is 2.73 bits per heavy atom. The highest BCUT2D eigenvalue weighted by Gasteiger charge is 2.62. The van der Waals surface area contributed by atoms with Gasteiger partial charge in [0.05, 0.1) is 7.85 Å². The lowest BCUT2D eigenvalue weighted by Crippen LogP contribution is -2.21. The summed E-state index contributed by atoms with van der Waals surface area (Å²) >= 11 is 0. The van der Waals surface area contributed by atoms with Gasteiger partial charge in [0, 0.05) is 0 Å². The Labute approximate surface area is 70.2 Å². The molecule has 1 heteroatoms. The third kappa shape index (κ3) is 0.724. The van der Waals surface area contributed by atoms with Crippen molar-refractivity contribution in [2.45, 2.75) is 44.3 Å². The van der Waals surface area contributed by atoms with Gasteiger partial charge in [0.2, 0.25) is 0 Å². The zero-order valence-corrected chi connectivity index (χ0v) is 7.05. The summed E-state index contributed by atoms with van der Waals surface area (Å²) in [4.78, 5) is 0. The maximum Gasteiger partial charge on any atom is 0.0699 e. The van der Waals surface area contributed by atoms with E-state index in [2.05, 4.69) is 0 Å². The fraction of sp³-hybridized carbons (Fsp3) is 1.00. The van der Waals surface area contributed by atoms with Crippen LogP contribution in [0, 0.1) is 17.3 Å². The highest BCUT2D eigenvalue weighted by molar-refractivity contribution is 6.11. The molecule has 0 amide bonds. The molecule has 3 aliphatic rings. The summed E-state index contributed by atoms with van der Waals surface area (Å²) in [5, 5.41) is 0. The Bertz CT molecular complexity index is 189. The van der Waals surface area contributed by atoms with Crippen molar-refractivity contribution in [2.75, 3.05) is 0 Å². The summed E-state index contributed by atoms with van der Waals surface area (Å²) < 4.78 is 0. The molecule has 0 heterocycles. The third-order valence-electron chi connectivity index (χ3n) is 4.52. The molecule has 2 radical (unpaired) electrons. The van der Waals surface area contributed by atoms with E-state index in [9.17, 15) is 0 Å². The van der Waals surface area contributed by atoms with Crippen molar-refractivity contribution in [1.82, 2.24) is 0 Å². The Morgan fingerprint density at radius 2 is 1.91 bits per heavy atom. The van der Waals surface area contributed by atoms with E-state index >= 15 is 0 Å². The highest BCUT2D eigenvalue weighted by atomic mass is 14.7. The fourth-order valence-corrected chi connectivity index (χ4v) is 3.78. The Morgan fingerprint density at radius 1 is 1.09 bits per heavy atom. The molecule has 0 aromatic heterocycles.